The van der Waals surface area contributed by atoms with E-state index in [0.29, 0.717) is 13.0 Å². The average molecular weight is 548 g/mol. The van der Waals surface area contributed by atoms with Gasteiger partial charge in [-0.25, -0.2) is 0 Å². The van der Waals surface area contributed by atoms with Gasteiger partial charge >= 0.3 is 0 Å². The second-order valence-electron chi connectivity index (χ2n) is 9.86. The summed E-state index contributed by atoms with van der Waals surface area (Å²) in [6.07, 6.45) is 6.26. The van der Waals surface area contributed by atoms with Gasteiger partial charge in [0.15, 0.2) is 0 Å². The first-order valence-corrected chi connectivity index (χ1v) is 13.7. The van der Waals surface area contributed by atoms with Crippen LogP contribution < -0.4 is 5.32 Å². The lowest BCUT2D eigenvalue weighted by atomic mass is 9.94. The van der Waals surface area contributed by atoms with E-state index in [4.69, 9.17) is 0 Å². The van der Waals surface area contributed by atoms with Crippen LogP contribution in [0.4, 0.5) is 0 Å². The molecule has 1 N–H and O–H groups in total. The van der Waals surface area contributed by atoms with Gasteiger partial charge in [0.25, 0.3) is 0 Å². The molecule has 0 aliphatic heterocycles. The maximum absolute atomic E-state index is 13.8. The molecule has 0 heterocycles. The Morgan fingerprint density at radius 1 is 0.889 bits per heavy atom. The number of nitrogens with zero attached hydrogens (tertiary/aromatic N) is 1. The molecule has 4 rings (SSSR count). The van der Waals surface area contributed by atoms with Crippen LogP contribution in [-0.2, 0) is 29.0 Å². The number of rotatable bonds is 9. The highest BCUT2D eigenvalue weighted by atomic mass is 79.9. The zero-order chi connectivity index (χ0) is 25.3. The smallest absolute Gasteiger partial charge is 0.243 e. The quantitative estimate of drug-likeness (QED) is 0.338. The highest BCUT2D eigenvalue weighted by Crippen LogP contribution is 2.21. The van der Waals surface area contributed by atoms with Crippen molar-refractivity contribution in [2.45, 2.75) is 70.5 Å². The molecule has 36 heavy (non-hydrogen) atoms. The Morgan fingerprint density at radius 3 is 2.28 bits per heavy atom. The fraction of sp³-hybridized carbons (Fsp3) is 0.355. The van der Waals surface area contributed by atoms with Crippen molar-refractivity contribution >= 4 is 27.7 Å². The van der Waals surface area contributed by atoms with Crippen molar-refractivity contribution in [3.63, 3.8) is 0 Å². The number of halogens is 1. The number of hydrogen-bond acceptors (Lipinski definition) is 2. The Hall–Kier alpha value is -2.92. The molecule has 3 aromatic rings. The van der Waals surface area contributed by atoms with E-state index in [1.165, 1.54) is 6.42 Å². The predicted molar refractivity (Wildman–Crippen MR) is 149 cm³/mol. The summed E-state index contributed by atoms with van der Waals surface area (Å²) in [5.41, 5.74) is 4.15. The topological polar surface area (TPSA) is 49.4 Å². The second-order valence-corrected chi connectivity index (χ2v) is 10.8. The van der Waals surface area contributed by atoms with Crippen molar-refractivity contribution in [3.8, 4) is 0 Å². The Morgan fingerprint density at radius 2 is 1.58 bits per heavy atom. The summed E-state index contributed by atoms with van der Waals surface area (Å²) in [5.74, 6) is -0.100. The Labute approximate surface area is 223 Å². The van der Waals surface area contributed by atoms with Gasteiger partial charge in [0.1, 0.15) is 6.04 Å². The number of nitrogens with one attached hydrogen (secondary N) is 1. The van der Waals surface area contributed by atoms with Crippen LogP contribution in [0.5, 0.6) is 0 Å². The summed E-state index contributed by atoms with van der Waals surface area (Å²) >= 11 is 3.55. The van der Waals surface area contributed by atoms with Crippen LogP contribution in [0.1, 0.15) is 54.4 Å². The molecule has 1 saturated carbocycles. The van der Waals surface area contributed by atoms with Gasteiger partial charge in [0, 0.05) is 23.5 Å². The van der Waals surface area contributed by atoms with Gasteiger partial charge in [-0.3, -0.25) is 9.59 Å². The molecule has 0 unspecified atom stereocenters. The second kappa shape index (κ2) is 12.9. The Bertz CT molecular complexity index is 1140. The van der Waals surface area contributed by atoms with Crippen LogP contribution in [-0.4, -0.2) is 28.8 Å². The van der Waals surface area contributed by atoms with Crippen LogP contribution >= 0.6 is 15.9 Å². The Kier molecular flexibility index (Phi) is 9.35. The molecule has 2 amide bonds. The first-order valence-electron chi connectivity index (χ1n) is 12.9. The van der Waals surface area contributed by atoms with Gasteiger partial charge in [-0.2, -0.15) is 0 Å². The molecule has 3 aromatic carbocycles. The number of carbonyl (C=O) groups excluding carboxylic acids is 2. The van der Waals surface area contributed by atoms with Crippen molar-refractivity contribution in [2.75, 3.05) is 0 Å². The third kappa shape index (κ3) is 7.54. The van der Waals surface area contributed by atoms with Gasteiger partial charge in [-0.1, -0.05) is 107 Å². The summed E-state index contributed by atoms with van der Waals surface area (Å²) in [7, 11) is 0. The lowest BCUT2D eigenvalue weighted by Gasteiger charge is -2.33. The van der Waals surface area contributed by atoms with Gasteiger partial charge in [0.05, 0.1) is 6.42 Å². The molecule has 1 aliphatic rings. The zero-order valence-electron chi connectivity index (χ0n) is 21.0. The molecule has 0 spiro atoms. The SMILES string of the molecule is Cc1ccc(CC(=O)N(Cc2cccc(Br)c2)[C@H](Cc2ccccc2)C(=O)NC2CCCCC2)cc1. The fourth-order valence-electron chi connectivity index (χ4n) is 4.91. The fourth-order valence-corrected chi connectivity index (χ4v) is 5.36. The van der Waals surface area contributed by atoms with E-state index in [1.807, 2.05) is 85.8 Å². The van der Waals surface area contributed by atoms with Gasteiger partial charge < -0.3 is 10.2 Å². The van der Waals surface area contributed by atoms with E-state index in [9.17, 15) is 9.59 Å². The first-order chi connectivity index (χ1) is 17.5. The normalized spacial score (nSPS) is 14.7. The molecule has 4 nitrogen and oxygen atoms in total. The molecular weight excluding hydrogens is 512 g/mol. The third-order valence-corrected chi connectivity index (χ3v) is 7.43. The van der Waals surface area contributed by atoms with E-state index < -0.39 is 6.04 Å². The summed E-state index contributed by atoms with van der Waals surface area (Å²) in [6.45, 7) is 2.41. The highest BCUT2D eigenvalue weighted by molar-refractivity contribution is 9.10. The molecule has 0 radical (unpaired) electrons. The standard InChI is InChI=1S/C31H35BrN2O2/c1-23-15-17-25(18-16-23)21-30(35)34(22-26-11-8-12-27(32)19-26)29(20-24-9-4-2-5-10-24)31(36)33-28-13-6-3-7-14-28/h2,4-5,8-12,15-19,28-29H,3,6-7,13-14,20-22H2,1H3,(H,33,36)/t29-/m1/s1. The summed E-state index contributed by atoms with van der Waals surface area (Å²) in [5, 5.41) is 3.30. The lowest BCUT2D eigenvalue weighted by Crippen LogP contribution is -2.53. The van der Waals surface area contributed by atoms with Crippen LogP contribution in [0.3, 0.4) is 0 Å². The average Bonchev–Trinajstić information content (AvgIpc) is 2.88. The van der Waals surface area contributed by atoms with Gasteiger partial charge in [-0.05, 0) is 48.6 Å². The van der Waals surface area contributed by atoms with E-state index in [-0.39, 0.29) is 24.3 Å². The number of aryl methyl sites for hydroxylation is 1. The molecule has 1 fully saturated rings. The van der Waals surface area contributed by atoms with Crippen LogP contribution in [0.15, 0.2) is 83.3 Å². The first kappa shape index (κ1) is 26.2. The van der Waals surface area contributed by atoms with E-state index in [2.05, 4.69) is 21.2 Å². The minimum atomic E-state index is -0.591. The van der Waals surface area contributed by atoms with Crippen molar-refractivity contribution in [1.82, 2.24) is 10.2 Å². The van der Waals surface area contributed by atoms with E-state index >= 15 is 0 Å². The highest BCUT2D eigenvalue weighted by Gasteiger charge is 2.32. The largest absolute Gasteiger partial charge is 0.352 e. The minimum Gasteiger partial charge on any atom is -0.352 e. The van der Waals surface area contributed by atoms with Crippen molar-refractivity contribution in [3.05, 3.63) is 106 Å². The maximum atomic E-state index is 13.8. The summed E-state index contributed by atoms with van der Waals surface area (Å²) < 4.78 is 0.956. The molecule has 1 aliphatic carbocycles. The van der Waals surface area contributed by atoms with E-state index in [0.717, 1.165) is 52.4 Å². The summed E-state index contributed by atoms with van der Waals surface area (Å²) in [6, 6.07) is 25.6. The summed E-state index contributed by atoms with van der Waals surface area (Å²) in [4.78, 5) is 29.4. The number of hydrogen-bond donors (Lipinski definition) is 1. The van der Waals surface area contributed by atoms with E-state index in [1.54, 1.807) is 4.90 Å². The zero-order valence-corrected chi connectivity index (χ0v) is 22.5. The van der Waals surface area contributed by atoms with Crippen molar-refractivity contribution in [1.29, 1.82) is 0 Å². The molecule has 1 atom stereocenters. The van der Waals surface area contributed by atoms with Crippen LogP contribution in [0.2, 0.25) is 0 Å². The molecule has 188 valence electrons. The predicted octanol–water partition coefficient (Wildman–Crippen LogP) is 6.39. The molecular formula is C31H35BrN2O2. The molecule has 0 aromatic heterocycles. The number of carbonyl (C=O) groups is 2. The van der Waals surface area contributed by atoms with Crippen molar-refractivity contribution in [2.24, 2.45) is 0 Å². The monoisotopic (exact) mass is 546 g/mol. The van der Waals surface area contributed by atoms with Gasteiger partial charge in [-0.15, -0.1) is 0 Å². The lowest BCUT2D eigenvalue weighted by molar-refractivity contribution is -0.141. The molecule has 5 heteroatoms. The van der Waals surface area contributed by atoms with Crippen LogP contribution in [0.25, 0.3) is 0 Å². The number of benzene rings is 3. The Balaban J connectivity index is 1.65. The third-order valence-electron chi connectivity index (χ3n) is 6.94. The molecule has 0 saturated heterocycles. The molecule has 0 bridgehead atoms. The maximum Gasteiger partial charge on any atom is 0.243 e. The van der Waals surface area contributed by atoms with Crippen LogP contribution in [0, 0.1) is 6.92 Å². The van der Waals surface area contributed by atoms with Crippen molar-refractivity contribution < 1.29 is 9.59 Å². The van der Waals surface area contributed by atoms with Gasteiger partial charge in [0.2, 0.25) is 11.8 Å². The minimum absolute atomic E-state index is 0.0430. The number of amides is 2.